The van der Waals surface area contributed by atoms with Crippen molar-refractivity contribution < 1.29 is 14.3 Å². The van der Waals surface area contributed by atoms with Gasteiger partial charge in [-0.3, -0.25) is 9.69 Å². The van der Waals surface area contributed by atoms with Crippen LogP contribution >= 0.6 is 0 Å². The van der Waals surface area contributed by atoms with E-state index in [1.165, 1.54) is 0 Å². The maximum atomic E-state index is 12.5. The van der Waals surface area contributed by atoms with Gasteiger partial charge in [-0.2, -0.15) is 0 Å². The molecular formula is C23H22N2O3. The van der Waals surface area contributed by atoms with E-state index in [2.05, 4.69) is 10.2 Å². The first-order chi connectivity index (χ1) is 13.8. The number of nitrogens with one attached hydrogen (secondary N) is 1. The van der Waals surface area contributed by atoms with Gasteiger partial charge < -0.3 is 14.8 Å². The number of hydrogen-bond donors (Lipinski definition) is 1. The van der Waals surface area contributed by atoms with Gasteiger partial charge in [0.25, 0.3) is 0 Å². The smallest absolute Gasteiger partial charge is 0.238 e. The third-order valence-corrected chi connectivity index (χ3v) is 4.52. The van der Waals surface area contributed by atoms with Crippen LogP contribution in [0.15, 0.2) is 78.9 Å². The maximum Gasteiger partial charge on any atom is 0.238 e. The maximum absolute atomic E-state index is 12.5. The Labute approximate surface area is 164 Å². The molecule has 0 aromatic heterocycles. The third kappa shape index (κ3) is 4.69. The van der Waals surface area contributed by atoms with E-state index < -0.39 is 0 Å². The van der Waals surface area contributed by atoms with E-state index in [0.717, 1.165) is 28.5 Å². The van der Waals surface area contributed by atoms with Crippen LogP contribution in [0.2, 0.25) is 0 Å². The van der Waals surface area contributed by atoms with Crippen LogP contribution in [-0.4, -0.2) is 30.5 Å². The molecule has 0 spiro atoms. The van der Waals surface area contributed by atoms with Crippen molar-refractivity contribution in [2.75, 3.05) is 25.0 Å². The number of ether oxygens (including phenoxy) is 2. The molecule has 0 saturated heterocycles. The van der Waals surface area contributed by atoms with Crippen molar-refractivity contribution in [1.82, 2.24) is 4.90 Å². The first-order valence-electron chi connectivity index (χ1n) is 9.32. The Kier molecular flexibility index (Phi) is 5.54. The first kappa shape index (κ1) is 18.1. The molecule has 3 aromatic rings. The van der Waals surface area contributed by atoms with E-state index >= 15 is 0 Å². The molecule has 28 heavy (non-hydrogen) atoms. The lowest BCUT2D eigenvalue weighted by Crippen LogP contribution is -2.34. The van der Waals surface area contributed by atoms with E-state index in [1.54, 1.807) is 0 Å². The normalized spacial score (nSPS) is 13.7. The van der Waals surface area contributed by atoms with E-state index in [1.807, 2.05) is 78.9 Å². The zero-order valence-electron chi connectivity index (χ0n) is 15.5. The van der Waals surface area contributed by atoms with Gasteiger partial charge in [0.15, 0.2) is 0 Å². The molecule has 0 fully saturated rings. The number of hydrogen-bond acceptors (Lipinski definition) is 4. The summed E-state index contributed by atoms with van der Waals surface area (Å²) >= 11 is 0. The molecule has 1 heterocycles. The van der Waals surface area contributed by atoms with Crippen LogP contribution in [-0.2, 0) is 11.3 Å². The predicted octanol–water partition coefficient (Wildman–Crippen LogP) is 4.31. The van der Waals surface area contributed by atoms with Gasteiger partial charge in [-0.05, 0) is 42.5 Å². The van der Waals surface area contributed by atoms with Crippen molar-refractivity contribution >= 4 is 11.6 Å². The fourth-order valence-electron chi connectivity index (χ4n) is 3.15. The molecular weight excluding hydrogens is 352 g/mol. The Bertz CT molecular complexity index is 926. The van der Waals surface area contributed by atoms with E-state index in [-0.39, 0.29) is 5.91 Å². The minimum Gasteiger partial charge on any atom is -0.492 e. The quantitative estimate of drug-likeness (QED) is 0.723. The van der Waals surface area contributed by atoms with Crippen molar-refractivity contribution in [3.63, 3.8) is 0 Å². The van der Waals surface area contributed by atoms with Gasteiger partial charge in [0, 0.05) is 24.3 Å². The molecule has 0 radical (unpaired) electrons. The summed E-state index contributed by atoms with van der Waals surface area (Å²) in [6.45, 7) is 2.31. The zero-order valence-corrected chi connectivity index (χ0v) is 15.5. The number of anilines is 1. The van der Waals surface area contributed by atoms with Crippen molar-refractivity contribution in [2.45, 2.75) is 6.54 Å². The Morgan fingerprint density at radius 1 is 0.929 bits per heavy atom. The summed E-state index contributed by atoms with van der Waals surface area (Å²) in [5.41, 5.74) is 1.85. The molecule has 1 aliphatic heterocycles. The van der Waals surface area contributed by atoms with Gasteiger partial charge >= 0.3 is 0 Å². The molecule has 1 N–H and O–H groups in total. The summed E-state index contributed by atoms with van der Waals surface area (Å²) in [6, 6.07) is 24.9. The van der Waals surface area contributed by atoms with Crippen LogP contribution in [0.5, 0.6) is 17.2 Å². The summed E-state index contributed by atoms with van der Waals surface area (Å²) in [5.74, 6) is 2.36. The highest BCUT2D eigenvalue weighted by Gasteiger charge is 2.17. The molecule has 142 valence electrons. The number of rotatable bonds is 5. The monoisotopic (exact) mass is 374 g/mol. The fourth-order valence-corrected chi connectivity index (χ4v) is 3.15. The van der Waals surface area contributed by atoms with Crippen molar-refractivity contribution in [3.05, 3.63) is 84.4 Å². The lowest BCUT2D eigenvalue weighted by Gasteiger charge is -2.18. The summed E-state index contributed by atoms with van der Waals surface area (Å²) in [5, 5.41) is 2.95. The minimum absolute atomic E-state index is 0.0453. The second-order valence-electron chi connectivity index (χ2n) is 6.65. The summed E-state index contributed by atoms with van der Waals surface area (Å²) in [4.78, 5) is 14.5. The second-order valence-corrected chi connectivity index (χ2v) is 6.65. The van der Waals surface area contributed by atoms with E-state index in [0.29, 0.717) is 26.2 Å². The lowest BCUT2D eigenvalue weighted by molar-refractivity contribution is -0.117. The van der Waals surface area contributed by atoms with Crippen molar-refractivity contribution in [3.8, 4) is 17.2 Å². The molecule has 0 saturated carbocycles. The Hall–Kier alpha value is -3.31. The molecule has 1 aliphatic rings. The number of nitrogens with zero attached hydrogens (tertiary/aromatic N) is 1. The highest BCUT2D eigenvalue weighted by molar-refractivity contribution is 5.92. The van der Waals surface area contributed by atoms with E-state index in [9.17, 15) is 4.79 Å². The number of para-hydroxylation sites is 2. The van der Waals surface area contributed by atoms with E-state index in [4.69, 9.17) is 9.47 Å². The van der Waals surface area contributed by atoms with Gasteiger partial charge in [0.2, 0.25) is 5.91 Å². The molecule has 5 nitrogen and oxygen atoms in total. The number of fused-ring (bicyclic) bond motifs is 1. The predicted molar refractivity (Wildman–Crippen MR) is 109 cm³/mol. The Morgan fingerprint density at radius 3 is 2.46 bits per heavy atom. The average Bonchev–Trinajstić information content (AvgIpc) is 2.92. The average molecular weight is 374 g/mol. The largest absolute Gasteiger partial charge is 0.492 e. The SMILES string of the molecule is O=C(CN1CCOc2ccccc2C1)Nc1ccc(Oc2ccccc2)cc1. The summed E-state index contributed by atoms with van der Waals surface area (Å²) in [6.07, 6.45) is 0. The molecule has 3 aromatic carbocycles. The summed E-state index contributed by atoms with van der Waals surface area (Å²) < 4.78 is 11.5. The van der Waals surface area contributed by atoms with Crippen LogP contribution < -0.4 is 14.8 Å². The number of benzene rings is 3. The van der Waals surface area contributed by atoms with Gasteiger partial charge in [0.1, 0.15) is 23.9 Å². The van der Waals surface area contributed by atoms with Gasteiger partial charge in [-0.1, -0.05) is 36.4 Å². The standard InChI is InChI=1S/C23H22N2O3/c26-23(17-25-14-15-27-22-9-5-4-6-18(22)16-25)24-19-10-12-21(13-11-19)28-20-7-2-1-3-8-20/h1-13H,14-17H2,(H,24,26). The third-order valence-electron chi connectivity index (χ3n) is 4.52. The highest BCUT2D eigenvalue weighted by Crippen LogP contribution is 2.24. The minimum atomic E-state index is -0.0453. The molecule has 0 unspecified atom stereocenters. The number of carbonyl (C=O) groups is 1. The zero-order chi connectivity index (χ0) is 19.2. The molecule has 0 aliphatic carbocycles. The van der Waals surface area contributed by atoms with Gasteiger partial charge in [-0.15, -0.1) is 0 Å². The number of carbonyl (C=O) groups excluding carboxylic acids is 1. The fraction of sp³-hybridized carbons (Fsp3) is 0.174. The molecule has 1 amide bonds. The van der Waals surface area contributed by atoms with Gasteiger partial charge in [-0.25, -0.2) is 0 Å². The van der Waals surface area contributed by atoms with Crippen LogP contribution in [0.1, 0.15) is 5.56 Å². The number of amides is 1. The van der Waals surface area contributed by atoms with Crippen LogP contribution in [0.4, 0.5) is 5.69 Å². The molecule has 0 atom stereocenters. The van der Waals surface area contributed by atoms with Crippen molar-refractivity contribution in [1.29, 1.82) is 0 Å². The van der Waals surface area contributed by atoms with Crippen LogP contribution in [0, 0.1) is 0 Å². The Balaban J connectivity index is 1.32. The highest BCUT2D eigenvalue weighted by atomic mass is 16.5. The Morgan fingerprint density at radius 2 is 1.64 bits per heavy atom. The van der Waals surface area contributed by atoms with Gasteiger partial charge in [0.05, 0.1) is 6.54 Å². The van der Waals surface area contributed by atoms with Crippen molar-refractivity contribution in [2.24, 2.45) is 0 Å². The lowest BCUT2D eigenvalue weighted by atomic mass is 10.2. The second kappa shape index (κ2) is 8.59. The first-order valence-corrected chi connectivity index (χ1v) is 9.32. The van der Waals surface area contributed by atoms with Crippen LogP contribution in [0.3, 0.4) is 0 Å². The van der Waals surface area contributed by atoms with Crippen LogP contribution in [0.25, 0.3) is 0 Å². The summed E-state index contributed by atoms with van der Waals surface area (Å²) in [7, 11) is 0. The molecule has 5 heteroatoms. The molecule has 0 bridgehead atoms. The topological polar surface area (TPSA) is 50.8 Å². The molecule has 4 rings (SSSR count).